The summed E-state index contributed by atoms with van der Waals surface area (Å²) >= 11 is 0. The Kier molecular flexibility index (Phi) is 5.66. The lowest BCUT2D eigenvalue weighted by molar-refractivity contribution is 0.0941. The summed E-state index contributed by atoms with van der Waals surface area (Å²) in [6.45, 7) is 1.57. The third-order valence-electron chi connectivity index (χ3n) is 8.28. The number of hydrogen-bond donors (Lipinski definition) is 1. The van der Waals surface area contributed by atoms with Crippen LogP contribution in [0, 0.1) is 5.92 Å². The van der Waals surface area contributed by atoms with Gasteiger partial charge in [0.05, 0.1) is 16.1 Å². The second-order valence-electron chi connectivity index (χ2n) is 10.7. The first-order valence-electron chi connectivity index (χ1n) is 12.3. The normalized spacial score (nSPS) is 27.1. The highest BCUT2D eigenvalue weighted by Crippen LogP contribution is 2.51. The summed E-state index contributed by atoms with van der Waals surface area (Å²) in [6, 6.07) is 16.5. The molecule has 1 heterocycles. The Bertz CT molecular complexity index is 1180. The molecule has 0 radical (unpaired) electrons. The van der Waals surface area contributed by atoms with Crippen molar-refractivity contribution in [3.05, 3.63) is 59.7 Å². The van der Waals surface area contributed by atoms with Crippen LogP contribution in [0.2, 0.25) is 0 Å². The molecule has 5 rings (SSSR count). The highest BCUT2D eigenvalue weighted by molar-refractivity contribution is 7.90. The van der Waals surface area contributed by atoms with Gasteiger partial charge in [-0.3, -0.25) is 0 Å². The zero-order valence-corrected chi connectivity index (χ0v) is 21.2. The van der Waals surface area contributed by atoms with Gasteiger partial charge in [-0.05, 0) is 67.7 Å². The van der Waals surface area contributed by atoms with Gasteiger partial charge in [0.1, 0.15) is 0 Å². The Morgan fingerprint density at radius 1 is 1.00 bits per heavy atom. The topological polar surface area (TPSA) is 69.7 Å². The minimum atomic E-state index is -3.40. The molecule has 1 saturated heterocycles. The summed E-state index contributed by atoms with van der Waals surface area (Å²) in [5, 5.41) is 3.12. The van der Waals surface area contributed by atoms with Gasteiger partial charge in [0.25, 0.3) is 0 Å². The summed E-state index contributed by atoms with van der Waals surface area (Å²) in [6.07, 6.45) is 7.28. The third-order valence-corrected chi connectivity index (χ3v) is 9.40. The molecule has 1 aliphatic heterocycles. The first-order valence-corrected chi connectivity index (χ1v) is 14.2. The molecule has 3 aliphatic rings. The van der Waals surface area contributed by atoms with Crippen molar-refractivity contribution < 1.29 is 13.2 Å². The molecule has 2 amide bonds. The average molecular weight is 482 g/mol. The fourth-order valence-electron chi connectivity index (χ4n) is 6.05. The van der Waals surface area contributed by atoms with Crippen molar-refractivity contribution in [3.8, 4) is 0 Å². The van der Waals surface area contributed by atoms with Crippen LogP contribution in [0.1, 0.15) is 49.7 Å². The van der Waals surface area contributed by atoms with E-state index >= 15 is 0 Å². The van der Waals surface area contributed by atoms with Gasteiger partial charge >= 0.3 is 6.03 Å². The van der Waals surface area contributed by atoms with Gasteiger partial charge in [-0.15, -0.1) is 0 Å². The smallest absolute Gasteiger partial charge is 0.318 e. The van der Waals surface area contributed by atoms with E-state index in [4.69, 9.17) is 0 Å². The van der Waals surface area contributed by atoms with Crippen LogP contribution in [-0.4, -0.2) is 58.3 Å². The number of urea groups is 1. The van der Waals surface area contributed by atoms with Gasteiger partial charge in [0.2, 0.25) is 0 Å². The van der Waals surface area contributed by atoms with E-state index in [-0.39, 0.29) is 17.0 Å². The quantitative estimate of drug-likeness (QED) is 0.672. The molecule has 7 heteroatoms. The van der Waals surface area contributed by atoms with Gasteiger partial charge in [-0.25, -0.2) is 13.2 Å². The van der Waals surface area contributed by atoms with Crippen molar-refractivity contribution in [2.45, 2.75) is 54.4 Å². The lowest BCUT2D eigenvalue weighted by atomic mass is 9.61. The van der Waals surface area contributed by atoms with Crippen molar-refractivity contribution in [2.24, 2.45) is 5.92 Å². The standard InChI is InChI=1S/C27H35N3O3S/c1-29(2)23-12-11-22(17-24(23)34(3,32)33)27(21-7-5-4-6-8-21)15-13-26(14-16-27)19-28-25(31)30(26)18-20-9-10-20/h4-8,11-12,17,20H,9-10,13-16,18-19H2,1-3H3,(H,28,31). The van der Waals surface area contributed by atoms with Crippen LogP contribution in [0.25, 0.3) is 0 Å². The molecular formula is C27H35N3O3S. The van der Waals surface area contributed by atoms with Crippen LogP contribution in [0.3, 0.4) is 0 Å². The molecule has 0 bridgehead atoms. The molecule has 0 unspecified atom stereocenters. The van der Waals surface area contributed by atoms with Gasteiger partial charge in [0, 0.05) is 38.9 Å². The summed E-state index contributed by atoms with van der Waals surface area (Å²) in [4.78, 5) is 17.1. The number of sulfone groups is 1. The number of carbonyl (C=O) groups is 1. The molecule has 34 heavy (non-hydrogen) atoms. The number of amides is 2. The summed E-state index contributed by atoms with van der Waals surface area (Å²) in [5.74, 6) is 0.650. The van der Waals surface area contributed by atoms with Crippen LogP contribution in [-0.2, 0) is 15.3 Å². The Morgan fingerprint density at radius 2 is 1.68 bits per heavy atom. The van der Waals surface area contributed by atoms with E-state index in [1.54, 1.807) is 0 Å². The van der Waals surface area contributed by atoms with E-state index in [1.165, 1.54) is 24.7 Å². The van der Waals surface area contributed by atoms with Gasteiger partial charge in [0.15, 0.2) is 9.84 Å². The lowest BCUT2D eigenvalue weighted by Gasteiger charge is -2.48. The Morgan fingerprint density at radius 3 is 2.26 bits per heavy atom. The number of nitrogens with zero attached hydrogens (tertiary/aromatic N) is 2. The fraction of sp³-hybridized carbons (Fsp3) is 0.519. The number of carbonyl (C=O) groups excluding carboxylic acids is 1. The van der Waals surface area contributed by atoms with Crippen molar-refractivity contribution in [3.63, 3.8) is 0 Å². The molecule has 2 aliphatic carbocycles. The van der Waals surface area contributed by atoms with Crippen LogP contribution < -0.4 is 10.2 Å². The Balaban J connectivity index is 1.56. The molecule has 0 aromatic heterocycles. The molecular weight excluding hydrogens is 446 g/mol. The number of nitrogens with one attached hydrogen (secondary N) is 1. The predicted molar refractivity (Wildman–Crippen MR) is 135 cm³/mol. The molecule has 2 aromatic rings. The van der Waals surface area contributed by atoms with E-state index in [1.807, 2.05) is 37.2 Å². The highest BCUT2D eigenvalue weighted by atomic mass is 32.2. The largest absolute Gasteiger partial charge is 0.377 e. The third kappa shape index (κ3) is 3.98. The fourth-order valence-corrected chi connectivity index (χ4v) is 7.02. The summed E-state index contributed by atoms with van der Waals surface area (Å²) in [5.41, 5.74) is 2.55. The van der Waals surface area contributed by atoms with Gasteiger partial charge in [-0.2, -0.15) is 0 Å². The second kappa shape index (κ2) is 8.29. The zero-order valence-electron chi connectivity index (χ0n) is 20.4. The van der Waals surface area contributed by atoms with Crippen LogP contribution >= 0.6 is 0 Å². The van der Waals surface area contributed by atoms with E-state index in [0.717, 1.165) is 37.8 Å². The Labute approximate surface area is 203 Å². The van der Waals surface area contributed by atoms with Crippen molar-refractivity contribution >= 4 is 21.6 Å². The number of rotatable bonds is 6. The van der Waals surface area contributed by atoms with E-state index in [2.05, 4.69) is 40.5 Å². The molecule has 2 saturated carbocycles. The van der Waals surface area contributed by atoms with Gasteiger partial charge in [-0.1, -0.05) is 36.4 Å². The minimum absolute atomic E-state index is 0.0776. The van der Waals surface area contributed by atoms with E-state index in [9.17, 15) is 13.2 Å². The predicted octanol–water partition coefficient (Wildman–Crippen LogP) is 4.19. The second-order valence-corrected chi connectivity index (χ2v) is 12.7. The van der Waals surface area contributed by atoms with Crippen molar-refractivity contribution in [2.75, 3.05) is 38.3 Å². The zero-order chi connectivity index (χ0) is 24.1. The molecule has 2 aromatic carbocycles. The molecule has 3 fully saturated rings. The van der Waals surface area contributed by atoms with Crippen molar-refractivity contribution in [1.82, 2.24) is 10.2 Å². The molecule has 182 valence electrons. The maximum atomic E-state index is 12.7. The number of hydrogen-bond acceptors (Lipinski definition) is 4. The first-order chi connectivity index (χ1) is 16.1. The van der Waals surface area contributed by atoms with Crippen molar-refractivity contribution in [1.29, 1.82) is 0 Å². The number of anilines is 1. The van der Waals surface area contributed by atoms with Gasteiger partial charge < -0.3 is 15.1 Å². The molecule has 0 atom stereocenters. The first kappa shape index (κ1) is 23.2. The van der Waals surface area contributed by atoms with E-state index in [0.29, 0.717) is 23.0 Å². The summed E-state index contributed by atoms with van der Waals surface area (Å²) < 4.78 is 25.5. The number of benzene rings is 2. The van der Waals surface area contributed by atoms with Crippen LogP contribution in [0.15, 0.2) is 53.4 Å². The minimum Gasteiger partial charge on any atom is -0.377 e. The molecule has 1 spiro atoms. The molecule has 1 N–H and O–H groups in total. The van der Waals surface area contributed by atoms with E-state index < -0.39 is 9.84 Å². The SMILES string of the molecule is CN(C)c1ccc(C2(c3ccccc3)CCC3(CC2)CNC(=O)N3CC2CC2)cc1S(C)(=O)=O. The average Bonchev–Trinajstić information content (AvgIpc) is 3.60. The summed E-state index contributed by atoms with van der Waals surface area (Å²) in [7, 11) is 0.351. The Hall–Kier alpha value is -2.54. The highest BCUT2D eigenvalue weighted by Gasteiger charge is 2.52. The maximum absolute atomic E-state index is 12.7. The van der Waals surface area contributed by atoms with Crippen LogP contribution in [0.4, 0.5) is 10.5 Å². The monoisotopic (exact) mass is 481 g/mol. The maximum Gasteiger partial charge on any atom is 0.318 e. The van der Waals surface area contributed by atoms with Crippen LogP contribution in [0.5, 0.6) is 0 Å². The molecule has 6 nitrogen and oxygen atoms in total. The lowest BCUT2D eigenvalue weighted by Crippen LogP contribution is -2.53.